The van der Waals surface area contributed by atoms with E-state index < -0.39 is 0 Å². The molecule has 18 heavy (non-hydrogen) atoms. The number of nitrogens with one attached hydrogen (secondary N) is 1. The number of benzene rings is 1. The molecule has 0 heterocycles. The second-order valence-electron chi connectivity index (χ2n) is 3.90. The molecule has 1 atom stereocenters. The van der Waals surface area contributed by atoms with Crippen LogP contribution in [0.4, 0.5) is 5.69 Å². The molecule has 1 N–H and O–H groups in total. The molecule has 0 aliphatic heterocycles. The number of carbonyl (C=O) groups excluding carboxylic acids is 1. The van der Waals surface area contributed by atoms with Crippen molar-refractivity contribution in [3.05, 3.63) is 23.2 Å². The first-order valence-corrected chi connectivity index (χ1v) is 6.20. The van der Waals surface area contributed by atoms with E-state index in [1.807, 2.05) is 13.0 Å². The third kappa shape index (κ3) is 4.45. The van der Waals surface area contributed by atoms with Crippen molar-refractivity contribution in [1.29, 1.82) is 0 Å². The van der Waals surface area contributed by atoms with Crippen LogP contribution in [0.5, 0.6) is 5.75 Å². The molecular weight excluding hydrogens is 254 g/mol. The Morgan fingerprint density at radius 2 is 2.22 bits per heavy atom. The molecule has 0 aromatic heterocycles. The van der Waals surface area contributed by atoms with Crippen LogP contribution in [0.1, 0.15) is 20.3 Å². The van der Waals surface area contributed by atoms with Gasteiger partial charge in [-0.25, -0.2) is 0 Å². The molecule has 1 aromatic carbocycles. The van der Waals surface area contributed by atoms with E-state index in [2.05, 4.69) is 5.32 Å². The number of halogens is 1. The zero-order valence-electron chi connectivity index (χ0n) is 10.8. The van der Waals surface area contributed by atoms with Crippen molar-refractivity contribution >= 4 is 23.3 Å². The van der Waals surface area contributed by atoms with Gasteiger partial charge in [-0.05, 0) is 26.0 Å². The van der Waals surface area contributed by atoms with Crippen LogP contribution in [0.15, 0.2) is 18.2 Å². The Bertz CT molecular complexity index is 409. The van der Waals surface area contributed by atoms with E-state index in [0.717, 1.165) is 5.69 Å². The second-order valence-corrected chi connectivity index (χ2v) is 4.31. The van der Waals surface area contributed by atoms with Crippen LogP contribution in [0.25, 0.3) is 0 Å². The number of rotatable bonds is 6. The Kier molecular flexibility index (Phi) is 5.78. The molecular formula is C13H18ClNO3. The lowest BCUT2D eigenvalue weighted by Crippen LogP contribution is -2.21. The minimum absolute atomic E-state index is 0.0186. The van der Waals surface area contributed by atoms with Gasteiger partial charge in [-0.15, -0.1) is 0 Å². The van der Waals surface area contributed by atoms with Crippen molar-refractivity contribution in [2.24, 2.45) is 0 Å². The molecule has 0 aliphatic carbocycles. The van der Waals surface area contributed by atoms with Crippen LogP contribution in [0, 0.1) is 0 Å². The molecule has 0 bridgehead atoms. The average Bonchev–Trinajstić information content (AvgIpc) is 2.31. The average molecular weight is 272 g/mol. The van der Waals surface area contributed by atoms with Crippen molar-refractivity contribution in [3.63, 3.8) is 0 Å². The molecule has 0 spiro atoms. The normalized spacial score (nSPS) is 11.8. The number of hydrogen-bond acceptors (Lipinski definition) is 4. The van der Waals surface area contributed by atoms with Gasteiger partial charge in [0.2, 0.25) is 0 Å². The zero-order chi connectivity index (χ0) is 13.5. The molecule has 100 valence electrons. The van der Waals surface area contributed by atoms with Crippen molar-refractivity contribution < 1.29 is 14.3 Å². The molecule has 1 rings (SSSR count). The maximum absolute atomic E-state index is 11.3. The van der Waals surface area contributed by atoms with Crippen LogP contribution in [0.3, 0.4) is 0 Å². The van der Waals surface area contributed by atoms with Gasteiger partial charge in [0.25, 0.3) is 0 Å². The smallest absolute Gasteiger partial charge is 0.307 e. The van der Waals surface area contributed by atoms with E-state index in [1.54, 1.807) is 26.2 Å². The van der Waals surface area contributed by atoms with E-state index in [1.165, 1.54) is 0 Å². The zero-order valence-corrected chi connectivity index (χ0v) is 11.6. The van der Waals surface area contributed by atoms with Crippen LogP contribution in [-0.2, 0) is 9.53 Å². The van der Waals surface area contributed by atoms with E-state index in [9.17, 15) is 4.79 Å². The van der Waals surface area contributed by atoms with Crippen molar-refractivity contribution in [2.45, 2.75) is 26.3 Å². The summed E-state index contributed by atoms with van der Waals surface area (Å²) in [7, 11) is 1.56. The summed E-state index contributed by atoms with van der Waals surface area (Å²) in [4.78, 5) is 11.3. The summed E-state index contributed by atoms with van der Waals surface area (Å²) in [6.07, 6.45) is 0.318. The predicted octanol–water partition coefficient (Wildman–Crippen LogP) is 3.10. The molecule has 5 heteroatoms. The highest BCUT2D eigenvalue weighted by molar-refractivity contribution is 6.32. The largest absolute Gasteiger partial charge is 0.495 e. The summed E-state index contributed by atoms with van der Waals surface area (Å²) in [6, 6.07) is 5.37. The molecule has 1 unspecified atom stereocenters. The van der Waals surface area contributed by atoms with Crippen LogP contribution >= 0.6 is 11.6 Å². The van der Waals surface area contributed by atoms with E-state index in [-0.39, 0.29) is 12.0 Å². The number of esters is 1. The lowest BCUT2D eigenvalue weighted by atomic mass is 10.2. The number of anilines is 1. The highest BCUT2D eigenvalue weighted by Gasteiger charge is 2.10. The first-order chi connectivity index (χ1) is 8.56. The first-order valence-electron chi connectivity index (χ1n) is 5.82. The van der Waals surface area contributed by atoms with E-state index in [4.69, 9.17) is 21.1 Å². The molecule has 1 aromatic rings. The van der Waals surface area contributed by atoms with Gasteiger partial charge in [0.1, 0.15) is 5.75 Å². The van der Waals surface area contributed by atoms with E-state index in [0.29, 0.717) is 23.8 Å². The van der Waals surface area contributed by atoms with Gasteiger partial charge in [-0.2, -0.15) is 0 Å². The Morgan fingerprint density at radius 3 is 2.83 bits per heavy atom. The van der Waals surface area contributed by atoms with Crippen LogP contribution in [0.2, 0.25) is 5.02 Å². The van der Waals surface area contributed by atoms with Gasteiger partial charge in [-0.3, -0.25) is 4.79 Å². The van der Waals surface area contributed by atoms with Crippen molar-refractivity contribution in [3.8, 4) is 5.75 Å². The van der Waals surface area contributed by atoms with Gasteiger partial charge in [0.15, 0.2) is 0 Å². The quantitative estimate of drug-likeness (QED) is 0.808. The topological polar surface area (TPSA) is 47.6 Å². The Morgan fingerprint density at radius 1 is 1.50 bits per heavy atom. The maximum Gasteiger partial charge on any atom is 0.307 e. The highest BCUT2D eigenvalue weighted by Crippen LogP contribution is 2.27. The monoisotopic (exact) mass is 271 g/mol. The van der Waals surface area contributed by atoms with E-state index >= 15 is 0 Å². The van der Waals surface area contributed by atoms with Gasteiger partial charge in [0.05, 0.1) is 25.2 Å². The fourth-order valence-electron chi connectivity index (χ4n) is 1.56. The third-order valence-electron chi connectivity index (χ3n) is 2.34. The summed E-state index contributed by atoms with van der Waals surface area (Å²) >= 11 is 5.93. The van der Waals surface area contributed by atoms with Gasteiger partial charge >= 0.3 is 5.97 Å². The van der Waals surface area contributed by atoms with Crippen LogP contribution < -0.4 is 10.1 Å². The number of hydrogen-bond donors (Lipinski definition) is 1. The summed E-state index contributed by atoms with van der Waals surface area (Å²) < 4.78 is 10.0. The van der Waals surface area contributed by atoms with Gasteiger partial charge < -0.3 is 14.8 Å². The van der Waals surface area contributed by atoms with Crippen LogP contribution in [-0.4, -0.2) is 25.7 Å². The number of carbonyl (C=O) groups is 1. The van der Waals surface area contributed by atoms with Crippen molar-refractivity contribution in [1.82, 2.24) is 0 Å². The molecule has 0 saturated heterocycles. The molecule has 0 amide bonds. The summed E-state index contributed by atoms with van der Waals surface area (Å²) in [5.41, 5.74) is 0.855. The van der Waals surface area contributed by atoms with Gasteiger partial charge in [0, 0.05) is 17.8 Å². The highest BCUT2D eigenvalue weighted by atomic mass is 35.5. The Balaban J connectivity index is 2.59. The second kappa shape index (κ2) is 7.11. The molecule has 0 aliphatic rings. The molecule has 0 fully saturated rings. The minimum atomic E-state index is -0.210. The first kappa shape index (κ1) is 14.6. The minimum Gasteiger partial charge on any atom is -0.495 e. The molecule has 0 saturated carbocycles. The SMILES string of the molecule is CCOC(=O)CC(C)Nc1ccc(Cl)c(OC)c1. The maximum atomic E-state index is 11.3. The Hall–Kier alpha value is -1.42. The standard InChI is InChI=1S/C13H18ClNO3/c1-4-18-13(16)7-9(2)15-10-5-6-11(14)12(8-10)17-3/h5-6,8-9,15H,4,7H2,1-3H3. The van der Waals surface area contributed by atoms with Crippen molar-refractivity contribution in [2.75, 3.05) is 19.0 Å². The third-order valence-corrected chi connectivity index (χ3v) is 2.65. The summed E-state index contributed by atoms with van der Waals surface area (Å²) in [5, 5.41) is 3.75. The number of ether oxygens (including phenoxy) is 2. The summed E-state index contributed by atoms with van der Waals surface area (Å²) in [6.45, 7) is 4.11. The summed E-state index contributed by atoms with van der Waals surface area (Å²) in [5.74, 6) is 0.392. The lowest BCUT2D eigenvalue weighted by Gasteiger charge is -2.15. The van der Waals surface area contributed by atoms with Gasteiger partial charge in [-0.1, -0.05) is 11.6 Å². The lowest BCUT2D eigenvalue weighted by molar-refractivity contribution is -0.143. The fraction of sp³-hybridized carbons (Fsp3) is 0.462. The fourth-order valence-corrected chi connectivity index (χ4v) is 1.75. The predicted molar refractivity (Wildman–Crippen MR) is 72.3 cm³/mol. The molecule has 4 nitrogen and oxygen atoms in total. The number of methoxy groups -OCH3 is 1. The molecule has 0 radical (unpaired) electrons. The Labute approximate surface area is 112 Å².